The molecule has 0 radical (unpaired) electrons. The lowest BCUT2D eigenvalue weighted by Crippen LogP contribution is -2.24. The molecule has 8 heteroatoms. The Labute approximate surface area is 156 Å². The number of hydrogen-bond acceptors (Lipinski definition) is 4. The van der Waals surface area contributed by atoms with Gasteiger partial charge in [-0.3, -0.25) is 4.79 Å². The van der Waals surface area contributed by atoms with Gasteiger partial charge in [-0.15, -0.1) is 18.3 Å². The fraction of sp³-hybridized carbons (Fsp3) is 0.118. The molecule has 0 saturated carbocycles. The molecule has 0 aromatic heterocycles. The van der Waals surface area contributed by atoms with Crippen LogP contribution in [-0.4, -0.2) is 27.1 Å². The summed E-state index contributed by atoms with van der Waals surface area (Å²) in [5, 5.41) is 2.79. The lowest BCUT2D eigenvalue weighted by Gasteiger charge is -2.10. The van der Waals surface area contributed by atoms with E-state index in [1.165, 1.54) is 24.3 Å². The summed E-state index contributed by atoms with van der Waals surface area (Å²) >= 11 is 7.54. The molecule has 0 spiro atoms. The largest absolute Gasteiger partial charge is 0.322 e. The maximum Gasteiger partial charge on any atom is 0.255 e. The van der Waals surface area contributed by atoms with Crippen molar-refractivity contribution in [3.63, 3.8) is 0 Å². The van der Waals surface area contributed by atoms with Crippen LogP contribution in [0.2, 0.25) is 5.02 Å². The third-order valence-electron chi connectivity index (χ3n) is 3.23. The van der Waals surface area contributed by atoms with Gasteiger partial charge in [0.25, 0.3) is 5.91 Å². The minimum atomic E-state index is -3.83. The van der Waals surface area contributed by atoms with Gasteiger partial charge in [-0.25, -0.2) is 13.1 Å². The van der Waals surface area contributed by atoms with Gasteiger partial charge in [0, 0.05) is 22.7 Å². The molecular formula is C17H17ClN2O3S2. The van der Waals surface area contributed by atoms with Gasteiger partial charge in [0.1, 0.15) is 4.90 Å². The third kappa shape index (κ3) is 5.09. The molecule has 2 rings (SSSR count). The highest BCUT2D eigenvalue weighted by molar-refractivity contribution is 7.98. The maximum absolute atomic E-state index is 12.4. The Hall–Kier alpha value is -1.80. The SMILES string of the molecule is C=CCNS(=O)(=O)c1cc(C(=O)Nc2cccc(SC)c2)ccc1Cl. The van der Waals surface area contributed by atoms with Crippen LogP contribution in [0.5, 0.6) is 0 Å². The van der Waals surface area contributed by atoms with E-state index in [0.717, 1.165) is 4.90 Å². The van der Waals surface area contributed by atoms with Crippen molar-refractivity contribution in [3.8, 4) is 0 Å². The Bertz CT molecular complexity index is 899. The molecule has 0 bridgehead atoms. The molecule has 0 fully saturated rings. The second-order valence-electron chi connectivity index (χ2n) is 4.97. The highest BCUT2D eigenvalue weighted by Crippen LogP contribution is 2.24. The number of carbonyl (C=O) groups is 1. The van der Waals surface area contributed by atoms with Crippen molar-refractivity contribution in [2.45, 2.75) is 9.79 Å². The zero-order valence-electron chi connectivity index (χ0n) is 13.5. The molecule has 0 atom stereocenters. The number of halogens is 1. The number of amides is 1. The second-order valence-corrected chi connectivity index (χ2v) is 7.99. The average Bonchev–Trinajstić information content (AvgIpc) is 2.60. The predicted octanol–water partition coefficient (Wildman–Crippen LogP) is 3.78. The Morgan fingerprint density at radius 1 is 1.28 bits per heavy atom. The molecule has 0 aliphatic rings. The van der Waals surface area contributed by atoms with Gasteiger partial charge in [-0.1, -0.05) is 23.7 Å². The summed E-state index contributed by atoms with van der Waals surface area (Å²) in [5.74, 6) is -0.421. The summed E-state index contributed by atoms with van der Waals surface area (Å²) in [7, 11) is -3.83. The number of rotatable bonds is 7. The van der Waals surface area contributed by atoms with Crippen molar-refractivity contribution in [1.29, 1.82) is 0 Å². The van der Waals surface area contributed by atoms with Crippen LogP contribution in [0.1, 0.15) is 10.4 Å². The van der Waals surface area contributed by atoms with Gasteiger partial charge in [0.2, 0.25) is 10.0 Å². The molecule has 25 heavy (non-hydrogen) atoms. The van der Waals surface area contributed by atoms with E-state index >= 15 is 0 Å². The Morgan fingerprint density at radius 3 is 2.72 bits per heavy atom. The van der Waals surface area contributed by atoms with E-state index in [9.17, 15) is 13.2 Å². The normalized spacial score (nSPS) is 11.1. The van der Waals surface area contributed by atoms with Crippen molar-refractivity contribution in [3.05, 3.63) is 65.7 Å². The first-order valence-corrected chi connectivity index (χ1v) is 10.3. The van der Waals surface area contributed by atoms with Crippen LogP contribution in [-0.2, 0) is 10.0 Å². The summed E-state index contributed by atoms with van der Waals surface area (Å²) in [6.45, 7) is 3.53. The minimum Gasteiger partial charge on any atom is -0.322 e. The molecule has 2 aromatic carbocycles. The molecule has 1 amide bonds. The number of sulfonamides is 1. The van der Waals surface area contributed by atoms with Crippen LogP contribution in [0, 0.1) is 0 Å². The van der Waals surface area contributed by atoms with Gasteiger partial charge >= 0.3 is 0 Å². The van der Waals surface area contributed by atoms with Gasteiger partial charge in [0.05, 0.1) is 5.02 Å². The van der Waals surface area contributed by atoms with E-state index in [2.05, 4.69) is 16.6 Å². The van der Waals surface area contributed by atoms with Crippen LogP contribution < -0.4 is 10.0 Å². The van der Waals surface area contributed by atoms with E-state index in [0.29, 0.717) is 5.69 Å². The predicted molar refractivity (Wildman–Crippen MR) is 103 cm³/mol. The molecular weight excluding hydrogens is 380 g/mol. The summed E-state index contributed by atoms with van der Waals surface area (Å²) in [4.78, 5) is 13.3. The van der Waals surface area contributed by atoms with Gasteiger partial charge < -0.3 is 5.32 Å². The first-order valence-electron chi connectivity index (χ1n) is 7.23. The molecule has 0 unspecified atom stereocenters. The lowest BCUT2D eigenvalue weighted by atomic mass is 10.2. The first kappa shape index (κ1) is 19.5. The molecule has 0 aliphatic carbocycles. The molecule has 132 valence electrons. The van der Waals surface area contributed by atoms with Gasteiger partial charge in [0.15, 0.2) is 0 Å². The van der Waals surface area contributed by atoms with E-state index < -0.39 is 15.9 Å². The summed E-state index contributed by atoms with van der Waals surface area (Å²) in [5.41, 5.74) is 0.818. The fourth-order valence-electron chi connectivity index (χ4n) is 2.00. The molecule has 0 aliphatic heterocycles. The second kappa shape index (κ2) is 8.53. The van der Waals surface area contributed by atoms with E-state index in [1.807, 2.05) is 24.5 Å². The van der Waals surface area contributed by atoms with Gasteiger partial charge in [-0.2, -0.15) is 0 Å². The van der Waals surface area contributed by atoms with Crippen LogP contribution in [0.25, 0.3) is 0 Å². The summed E-state index contributed by atoms with van der Waals surface area (Å²) < 4.78 is 26.8. The van der Waals surface area contributed by atoms with Crippen molar-refractivity contribution >= 4 is 45.0 Å². The Kier molecular flexibility index (Phi) is 6.66. The Balaban J connectivity index is 2.29. The number of benzene rings is 2. The van der Waals surface area contributed by atoms with Gasteiger partial charge in [-0.05, 0) is 42.7 Å². The zero-order valence-corrected chi connectivity index (χ0v) is 15.8. The average molecular weight is 397 g/mol. The maximum atomic E-state index is 12.4. The monoisotopic (exact) mass is 396 g/mol. The molecule has 0 saturated heterocycles. The lowest BCUT2D eigenvalue weighted by molar-refractivity contribution is 0.102. The highest BCUT2D eigenvalue weighted by atomic mass is 35.5. The third-order valence-corrected chi connectivity index (χ3v) is 5.86. The number of hydrogen-bond donors (Lipinski definition) is 2. The smallest absolute Gasteiger partial charge is 0.255 e. The summed E-state index contributed by atoms with van der Waals surface area (Å²) in [6, 6.07) is 11.5. The standard InChI is InChI=1S/C17H17ClN2O3S2/c1-3-9-19-25(22,23)16-10-12(7-8-15(16)18)17(21)20-13-5-4-6-14(11-13)24-2/h3-8,10-11,19H,1,9H2,2H3,(H,20,21). The van der Waals surface area contributed by atoms with Crippen molar-refractivity contribution < 1.29 is 13.2 Å². The molecule has 2 N–H and O–H groups in total. The van der Waals surface area contributed by atoms with Crippen molar-refractivity contribution in [2.24, 2.45) is 0 Å². The minimum absolute atomic E-state index is 0.0393. The highest BCUT2D eigenvalue weighted by Gasteiger charge is 2.19. The van der Waals surface area contributed by atoms with E-state index in [4.69, 9.17) is 11.6 Å². The quantitative estimate of drug-likeness (QED) is 0.551. The molecule has 5 nitrogen and oxygen atoms in total. The molecule has 0 heterocycles. The number of anilines is 1. The number of carbonyl (C=O) groups excluding carboxylic acids is 1. The Morgan fingerprint density at radius 2 is 2.04 bits per heavy atom. The topological polar surface area (TPSA) is 75.3 Å². The van der Waals surface area contributed by atoms with Crippen LogP contribution >= 0.6 is 23.4 Å². The van der Waals surface area contributed by atoms with Crippen LogP contribution in [0.15, 0.2) is 64.9 Å². The molecule has 2 aromatic rings. The number of thioether (sulfide) groups is 1. The fourth-order valence-corrected chi connectivity index (χ4v) is 3.98. The van der Waals surface area contributed by atoms with Crippen molar-refractivity contribution in [2.75, 3.05) is 18.1 Å². The van der Waals surface area contributed by atoms with Crippen LogP contribution in [0.3, 0.4) is 0 Å². The van der Waals surface area contributed by atoms with Crippen molar-refractivity contribution in [1.82, 2.24) is 4.72 Å². The number of nitrogens with one attached hydrogen (secondary N) is 2. The zero-order chi connectivity index (χ0) is 18.4. The van der Waals surface area contributed by atoms with E-state index in [1.54, 1.807) is 17.8 Å². The van der Waals surface area contributed by atoms with Crippen LogP contribution in [0.4, 0.5) is 5.69 Å². The summed E-state index contributed by atoms with van der Waals surface area (Å²) in [6.07, 6.45) is 3.36. The first-order chi connectivity index (χ1) is 11.9. The van der Waals surface area contributed by atoms with E-state index in [-0.39, 0.29) is 22.0 Å².